The molecule has 0 saturated carbocycles. The number of likely N-dealkylation sites (N-methyl/N-ethyl adjacent to an activating group) is 1. The van der Waals surface area contributed by atoms with E-state index < -0.39 is 26.6 Å². The van der Waals surface area contributed by atoms with Gasteiger partial charge in [-0.3, -0.25) is 14.2 Å². The first-order valence-electron chi connectivity index (χ1n) is 31.7. The number of quaternary nitrogens is 1. The number of nitrogens with zero attached hydrogens (tertiary/aromatic N) is 1. The van der Waals surface area contributed by atoms with E-state index in [9.17, 15) is 19.0 Å². The SMILES string of the molecule is CC/C=C\C/C=C\C/C=C\C/C=C\C/C=C\C/C=C\CCCCCCCCC(=O)OC(/C=C\CCCCCCCCCCCCC)C(COP(=O)([O-])OCC[N+](C)(C)C)NC(=O)CCCCCCCCC/C=C/C/C=C/CC. The van der Waals surface area contributed by atoms with Crippen LogP contribution in [0.4, 0.5) is 0 Å². The van der Waals surface area contributed by atoms with Gasteiger partial charge in [-0.05, 0) is 109 Å². The number of hydrogen-bond acceptors (Lipinski definition) is 7. The second kappa shape index (κ2) is 56.9. The van der Waals surface area contributed by atoms with Crippen molar-refractivity contribution in [2.75, 3.05) is 40.9 Å². The fourth-order valence-corrected chi connectivity index (χ4v) is 9.34. The van der Waals surface area contributed by atoms with Gasteiger partial charge in [0.25, 0.3) is 7.82 Å². The minimum absolute atomic E-state index is 0.0317. The number of esters is 1. The summed E-state index contributed by atoms with van der Waals surface area (Å²) < 4.78 is 30.3. The van der Waals surface area contributed by atoms with Crippen molar-refractivity contribution in [3.63, 3.8) is 0 Å². The highest BCUT2D eigenvalue weighted by molar-refractivity contribution is 7.45. The minimum atomic E-state index is -4.71. The van der Waals surface area contributed by atoms with Gasteiger partial charge < -0.3 is 28.5 Å². The van der Waals surface area contributed by atoms with Crippen LogP contribution in [-0.4, -0.2) is 69.4 Å². The molecule has 1 N–H and O–H groups in total. The maximum atomic E-state index is 13.5. The van der Waals surface area contributed by atoms with E-state index in [0.717, 1.165) is 141 Å². The molecule has 0 heterocycles. The van der Waals surface area contributed by atoms with Gasteiger partial charge in [-0.2, -0.15) is 0 Å². The summed E-state index contributed by atoms with van der Waals surface area (Å²) in [7, 11) is 1.16. The van der Waals surface area contributed by atoms with E-state index in [-0.39, 0.29) is 24.9 Å². The molecule has 0 bridgehead atoms. The third-order valence-electron chi connectivity index (χ3n) is 13.4. The zero-order chi connectivity index (χ0) is 57.2. The van der Waals surface area contributed by atoms with Gasteiger partial charge >= 0.3 is 5.97 Å². The fraction of sp³-hybridized carbons (Fsp3) is 0.706. The molecule has 0 aliphatic carbocycles. The van der Waals surface area contributed by atoms with Crippen molar-refractivity contribution in [3.05, 3.63) is 109 Å². The second-order valence-electron chi connectivity index (χ2n) is 22.1. The zero-order valence-corrected chi connectivity index (χ0v) is 52.0. The van der Waals surface area contributed by atoms with E-state index in [0.29, 0.717) is 23.9 Å². The number of hydrogen-bond donors (Lipinski definition) is 1. The predicted octanol–water partition coefficient (Wildman–Crippen LogP) is 19.1. The molecule has 0 saturated heterocycles. The van der Waals surface area contributed by atoms with E-state index in [4.69, 9.17) is 13.8 Å². The van der Waals surface area contributed by atoms with Crippen LogP contribution in [-0.2, 0) is 27.9 Å². The van der Waals surface area contributed by atoms with Crippen molar-refractivity contribution in [2.45, 2.75) is 270 Å². The maximum absolute atomic E-state index is 13.5. The van der Waals surface area contributed by atoms with Crippen molar-refractivity contribution in [2.24, 2.45) is 0 Å². The van der Waals surface area contributed by atoms with Crippen LogP contribution >= 0.6 is 7.82 Å². The Hall–Kier alpha value is -3.33. The van der Waals surface area contributed by atoms with Crippen molar-refractivity contribution in [1.29, 1.82) is 0 Å². The summed E-state index contributed by atoms with van der Waals surface area (Å²) in [4.78, 5) is 40.0. The molecule has 0 aliphatic heterocycles. The van der Waals surface area contributed by atoms with Crippen LogP contribution in [0.25, 0.3) is 0 Å². The Bertz CT molecular complexity index is 1700. The third kappa shape index (κ3) is 57.4. The smallest absolute Gasteiger partial charge is 0.306 e. The lowest BCUT2D eigenvalue weighted by Crippen LogP contribution is -2.47. The van der Waals surface area contributed by atoms with Gasteiger partial charge in [-0.1, -0.05) is 246 Å². The first-order chi connectivity index (χ1) is 37.9. The molecule has 0 rings (SSSR count). The fourth-order valence-electron chi connectivity index (χ4n) is 8.62. The Balaban J connectivity index is 5.24. The topological polar surface area (TPSA) is 114 Å². The Morgan fingerprint density at radius 3 is 1.23 bits per heavy atom. The number of unbranched alkanes of at least 4 members (excludes halogenated alkanes) is 24. The van der Waals surface area contributed by atoms with Crippen LogP contribution in [0.3, 0.4) is 0 Å². The summed E-state index contributed by atoms with van der Waals surface area (Å²) in [5.74, 6) is -0.572. The highest BCUT2D eigenvalue weighted by Gasteiger charge is 2.27. The molecule has 0 fully saturated rings. The second-order valence-corrected chi connectivity index (χ2v) is 23.6. The molecule has 0 aromatic rings. The third-order valence-corrected chi connectivity index (χ3v) is 14.4. The van der Waals surface area contributed by atoms with Crippen LogP contribution in [0.1, 0.15) is 258 Å². The number of rotatable bonds is 56. The molecule has 3 unspecified atom stereocenters. The number of ether oxygens (including phenoxy) is 1. The van der Waals surface area contributed by atoms with Gasteiger partial charge in [0.15, 0.2) is 0 Å². The van der Waals surface area contributed by atoms with Crippen molar-refractivity contribution >= 4 is 19.7 Å². The summed E-state index contributed by atoms with van der Waals surface area (Å²) in [5.41, 5.74) is 0. The summed E-state index contributed by atoms with van der Waals surface area (Å²) >= 11 is 0. The first kappa shape index (κ1) is 74.7. The molecule has 0 aromatic carbocycles. The molecule has 0 spiro atoms. The van der Waals surface area contributed by atoms with Gasteiger partial charge in [0.1, 0.15) is 19.3 Å². The quantitative estimate of drug-likeness (QED) is 0.0212. The number of amides is 1. The molecule has 10 heteroatoms. The van der Waals surface area contributed by atoms with E-state index in [1.54, 1.807) is 0 Å². The lowest BCUT2D eigenvalue weighted by Gasteiger charge is -2.30. The number of nitrogens with one attached hydrogen (secondary N) is 1. The van der Waals surface area contributed by atoms with E-state index >= 15 is 0 Å². The number of phosphoric acid groups is 1. The van der Waals surface area contributed by atoms with E-state index in [2.05, 4.69) is 123 Å². The largest absolute Gasteiger partial charge is 0.756 e. The molecule has 9 nitrogen and oxygen atoms in total. The average molecular weight is 1110 g/mol. The van der Waals surface area contributed by atoms with Crippen LogP contribution in [0, 0.1) is 0 Å². The first-order valence-corrected chi connectivity index (χ1v) is 33.2. The predicted molar refractivity (Wildman–Crippen MR) is 334 cm³/mol. The number of carbonyl (C=O) groups excluding carboxylic acids is 2. The standard InChI is InChI=1S/C68H119N2O7P/c1-7-10-13-16-19-22-25-28-30-31-32-33-34-35-36-37-38-39-40-43-46-49-52-55-58-61-68(72)77-66(59-56-53-50-47-44-41-27-24-21-18-15-12-9-3)65(64-76-78(73,74)75-63-62-70(4,5)6)69-67(71)60-57-54-51-48-45-42-29-26-23-20-17-14-11-8-2/h10-11,13-14,19-20,22-23,28,30,32-33,35-36,38-39,56,59,65-66H,7-9,12,15-18,21,24-27,29,31,34,37,40-55,57-58,60-64H2,1-6H3,(H-,69,71,73,74)/b13-10-,14-11+,22-19-,23-20+,30-28-,33-32-,36-35-,39-38-,59-56-. The molecule has 448 valence electrons. The van der Waals surface area contributed by atoms with Gasteiger partial charge in [-0.25, -0.2) is 0 Å². The molecule has 0 radical (unpaired) electrons. The summed E-state index contributed by atoms with van der Waals surface area (Å²) in [6, 6.07) is -0.905. The van der Waals surface area contributed by atoms with Crippen LogP contribution in [0.5, 0.6) is 0 Å². The lowest BCUT2D eigenvalue weighted by atomic mass is 10.0. The van der Waals surface area contributed by atoms with E-state index in [1.807, 2.05) is 33.3 Å². The zero-order valence-electron chi connectivity index (χ0n) is 51.1. The van der Waals surface area contributed by atoms with Crippen molar-refractivity contribution < 1.29 is 37.3 Å². The minimum Gasteiger partial charge on any atom is -0.756 e. The highest BCUT2D eigenvalue weighted by atomic mass is 31.2. The Labute approximate surface area is 481 Å². The van der Waals surface area contributed by atoms with Crippen LogP contribution < -0.4 is 10.2 Å². The summed E-state index contributed by atoms with van der Waals surface area (Å²) in [5, 5.41) is 3.02. The van der Waals surface area contributed by atoms with Crippen LogP contribution in [0.2, 0.25) is 0 Å². The molecule has 1 amide bonds. The molecule has 78 heavy (non-hydrogen) atoms. The van der Waals surface area contributed by atoms with Crippen molar-refractivity contribution in [3.8, 4) is 0 Å². The van der Waals surface area contributed by atoms with Crippen molar-refractivity contribution in [1.82, 2.24) is 5.32 Å². The maximum Gasteiger partial charge on any atom is 0.306 e. The number of carbonyl (C=O) groups is 2. The molecule has 0 aromatic heterocycles. The molecule has 0 aliphatic rings. The van der Waals surface area contributed by atoms with Gasteiger partial charge in [0.2, 0.25) is 5.91 Å². The summed E-state index contributed by atoms with van der Waals surface area (Å²) in [6.07, 6.45) is 77.7. The van der Waals surface area contributed by atoms with Gasteiger partial charge in [-0.15, -0.1) is 0 Å². The Morgan fingerprint density at radius 1 is 0.462 bits per heavy atom. The molecular formula is C68H119N2O7P. The normalized spacial score (nSPS) is 14.4. The molecule has 3 atom stereocenters. The summed E-state index contributed by atoms with van der Waals surface area (Å²) in [6.45, 7) is 6.60. The number of allylic oxidation sites excluding steroid dienone is 17. The number of phosphoric ester groups is 1. The van der Waals surface area contributed by atoms with Crippen LogP contribution in [0.15, 0.2) is 109 Å². The van der Waals surface area contributed by atoms with Gasteiger partial charge in [0, 0.05) is 12.8 Å². The Morgan fingerprint density at radius 2 is 0.821 bits per heavy atom. The van der Waals surface area contributed by atoms with Gasteiger partial charge in [0.05, 0.1) is 33.8 Å². The average Bonchev–Trinajstić information content (AvgIpc) is 3.40. The monoisotopic (exact) mass is 1110 g/mol. The highest BCUT2D eigenvalue weighted by Crippen LogP contribution is 2.38. The Kier molecular flexibility index (Phi) is 54.5. The lowest BCUT2D eigenvalue weighted by molar-refractivity contribution is -0.870. The van der Waals surface area contributed by atoms with E-state index in [1.165, 1.54) is 77.0 Å². The molecular weight excluding hydrogens is 988 g/mol.